The predicted molar refractivity (Wildman–Crippen MR) is 114 cm³/mol. The zero-order chi connectivity index (χ0) is 20.4. The van der Waals surface area contributed by atoms with E-state index in [-0.39, 0.29) is 23.6 Å². The van der Waals surface area contributed by atoms with E-state index in [0.29, 0.717) is 17.9 Å². The second-order valence-corrected chi connectivity index (χ2v) is 8.88. The second-order valence-electron chi connectivity index (χ2n) is 8.88. The van der Waals surface area contributed by atoms with Gasteiger partial charge in [0.1, 0.15) is 0 Å². The summed E-state index contributed by atoms with van der Waals surface area (Å²) in [6, 6.07) is 9.89. The summed E-state index contributed by atoms with van der Waals surface area (Å²) in [5.41, 5.74) is 3.95. The van der Waals surface area contributed by atoms with Crippen LogP contribution in [0.2, 0.25) is 0 Å². The number of carbonyl (C=O) groups excluding carboxylic acids is 1. The molecule has 0 aliphatic heterocycles. The zero-order valence-electron chi connectivity index (χ0n) is 17.5. The van der Waals surface area contributed by atoms with Crippen molar-refractivity contribution < 1.29 is 4.79 Å². The van der Waals surface area contributed by atoms with Crippen LogP contribution in [-0.4, -0.2) is 21.7 Å². The van der Waals surface area contributed by atoms with E-state index in [4.69, 9.17) is 5.10 Å². The monoisotopic (exact) mass is 393 g/mol. The van der Waals surface area contributed by atoms with Gasteiger partial charge in [0.25, 0.3) is 11.5 Å². The summed E-state index contributed by atoms with van der Waals surface area (Å²) in [7, 11) is 0. The number of nitrogens with one attached hydrogen (secondary N) is 1. The topological polar surface area (TPSA) is 64.0 Å². The van der Waals surface area contributed by atoms with Crippen LogP contribution in [0.15, 0.2) is 35.1 Å². The molecule has 1 atom stereocenters. The van der Waals surface area contributed by atoms with Crippen LogP contribution in [0.4, 0.5) is 0 Å². The maximum atomic E-state index is 12.6. The molecule has 2 aliphatic carbocycles. The minimum atomic E-state index is -0.0442. The van der Waals surface area contributed by atoms with Gasteiger partial charge in [-0.05, 0) is 61.3 Å². The largest absolute Gasteiger partial charge is 0.349 e. The summed E-state index contributed by atoms with van der Waals surface area (Å²) in [6.07, 6.45) is 8.08. The van der Waals surface area contributed by atoms with Gasteiger partial charge in [-0.1, -0.05) is 45.2 Å². The van der Waals surface area contributed by atoms with Gasteiger partial charge in [0, 0.05) is 17.7 Å². The number of aryl methyl sites for hydroxylation is 1. The lowest BCUT2D eigenvalue weighted by atomic mass is 9.91. The molecular formula is C24H31N3O2. The van der Waals surface area contributed by atoms with Crippen molar-refractivity contribution in [3.8, 4) is 0 Å². The van der Waals surface area contributed by atoms with E-state index in [1.54, 1.807) is 10.7 Å². The Kier molecular flexibility index (Phi) is 5.84. The standard InChI is InChI=1S/C24H31N3O2/c1-16(2)17-8-10-18(11-9-17)24(29)25-20-12-13-22-19(14-20)15-23(28)27(26-22)21-6-4-3-5-7-21/h8-11,15-16,20-21H,3-7,12-14H2,1-2H3,(H,25,29). The SMILES string of the molecule is CC(C)c1ccc(C(=O)NC2CCc3nn(C4CCCCC4)c(=O)cc3C2)cc1. The summed E-state index contributed by atoms with van der Waals surface area (Å²) in [6.45, 7) is 4.29. The molecule has 0 radical (unpaired) electrons. The van der Waals surface area contributed by atoms with Gasteiger partial charge in [0.15, 0.2) is 0 Å². The minimum Gasteiger partial charge on any atom is -0.349 e. The lowest BCUT2D eigenvalue weighted by Crippen LogP contribution is -2.40. The Morgan fingerprint density at radius 2 is 1.83 bits per heavy atom. The molecule has 5 nitrogen and oxygen atoms in total. The van der Waals surface area contributed by atoms with Gasteiger partial charge >= 0.3 is 0 Å². The van der Waals surface area contributed by atoms with Crippen molar-refractivity contribution in [1.82, 2.24) is 15.1 Å². The van der Waals surface area contributed by atoms with Gasteiger partial charge in [-0.3, -0.25) is 9.59 Å². The Morgan fingerprint density at radius 1 is 1.10 bits per heavy atom. The Balaban J connectivity index is 1.43. The van der Waals surface area contributed by atoms with Crippen LogP contribution in [0.5, 0.6) is 0 Å². The number of rotatable bonds is 4. The molecule has 0 bridgehead atoms. The highest BCUT2D eigenvalue weighted by molar-refractivity contribution is 5.94. The van der Waals surface area contributed by atoms with Gasteiger partial charge < -0.3 is 5.32 Å². The van der Waals surface area contributed by atoms with Crippen molar-refractivity contribution in [2.75, 3.05) is 0 Å². The fraction of sp³-hybridized carbons (Fsp3) is 0.542. The summed E-state index contributed by atoms with van der Waals surface area (Å²) in [4.78, 5) is 25.3. The molecule has 29 heavy (non-hydrogen) atoms. The van der Waals surface area contributed by atoms with Gasteiger partial charge in [0.05, 0.1) is 11.7 Å². The molecule has 0 spiro atoms. The molecule has 1 unspecified atom stereocenters. The van der Waals surface area contributed by atoms with Crippen molar-refractivity contribution >= 4 is 5.91 Å². The normalized spacial score (nSPS) is 19.8. The molecule has 2 aliphatic rings. The molecule has 2 aromatic rings. The Hall–Kier alpha value is -2.43. The van der Waals surface area contributed by atoms with Crippen molar-refractivity contribution in [1.29, 1.82) is 0 Å². The fourth-order valence-electron chi connectivity index (χ4n) is 4.61. The van der Waals surface area contributed by atoms with Gasteiger partial charge in [-0.25, -0.2) is 4.68 Å². The Morgan fingerprint density at radius 3 is 2.52 bits per heavy atom. The molecule has 1 amide bonds. The number of hydrogen-bond acceptors (Lipinski definition) is 3. The molecule has 1 saturated carbocycles. The van der Waals surface area contributed by atoms with Crippen LogP contribution >= 0.6 is 0 Å². The molecule has 1 aromatic heterocycles. The molecule has 1 aromatic carbocycles. The molecule has 5 heteroatoms. The van der Waals surface area contributed by atoms with Crippen molar-refractivity contribution in [2.45, 2.75) is 83.2 Å². The third-order valence-corrected chi connectivity index (χ3v) is 6.41. The molecule has 1 heterocycles. The lowest BCUT2D eigenvalue weighted by molar-refractivity contribution is 0.0933. The van der Waals surface area contributed by atoms with E-state index in [0.717, 1.165) is 36.9 Å². The predicted octanol–water partition coefficient (Wildman–Crippen LogP) is 4.16. The lowest BCUT2D eigenvalue weighted by Gasteiger charge is -2.27. The average molecular weight is 394 g/mol. The number of nitrogens with zero attached hydrogens (tertiary/aromatic N) is 2. The number of benzene rings is 1. The van der Waals surface area contributed by atoms with Crippen molar-refractivity contribution in [3.63, 3.8) is 0 Å². The first-order valence-electron chi connectivity index (χ1n) is 11.0. The third-order valence-electron chi connectivity index (χ3n) is 6.41. The molecule has 154 valence electrons. The summed E-state index contributed by atoms with van der Waals surface area (Å²) in [5.74, 6) is 0.407. The number of hydrogen-bond donors (Lipinski definition) is 1. The van der Waals surface area contributed by atoms with Crippen LogP contribution in [0.1, 0.15) is 91.5 Å². The molecular weight excluding hydrogens is 362 g/mol. The Labute approximate surface area is 172 Å². The third kappa shape index (κ3) is 4.44. The van der Waals surface area contributed by atoms with E-state index in [1.165, 1.54) is 24.8 Å². The number of amides is 1. The minimum absolute atomic E-state index is 0.00639. The molecule has 0 saturated heterocycles. The van der Waals surface area contributed by atoms with Gasteiger partial charge in [-0.2, -0.15) is 5.10 Å². The smallest absolute Gasteiger partial charge is 0.267 e. The first-order chi connectivity index (χ1) is 14.0. The second kappa shape index (κ2) is 8.52. The first kappa shape index (κ1) is 19.9. The van der Waals surface area contributed by atoms with Crippen molar-refractivity contribution in [3.05, 3.63) is 63.1 Å². The maximum absolute atomic E-state index is 12.6. The quantitative estimate of drug-likeness (QED) is 0.848. The highest BCUT2D eigenvalue weighted by Gasteiger charge is 2.25. The summed E-state index contributed by atoms with van der Waals surface area (Å²) < 4.78 is 1.73. The summed E-state index contributed by atoms with van der Waals surface area (Å²) >= 11 is 0. The fourth-order valence-corrected chi connectivity index (χ4v) is 4.61. The van der Waals surface area contributed by atoms with E-state index >= 15 is 0 Å². The molecule has 1 N–H and O–H groups in total. The van der Waals surface area contributed by atoms with Crippen LogP contribution < -0.4 is 10.9 Å². The number of carbonyl (C=O) groups is 1. The summed E-state index contributed by atoms with van der Waals surface area (Å²) in [5, 5.41) is 7.87. The number of aromatic nitrogens is 2. The van der Waals surface area contributed by atoms with Gasteiger partial charge in [0.2, 0.25) is 0 Å². The van der Waals surface area contributed by atoms with Crippen LogP contribution in [0.25, 0.3) is 0 Å². The van der Waals surface area contributed by atoms with Crippen LogP contribution in [0, 0.1) is 0 Å². The highest BCUT2D eigenvalue weighted by atomic mass is 16.1. The average Bonchev–Trinajstić information content (AvgIpc) is 2.74. The van der Waals surface area contributed by atoms with E-state index in [2.05, 4.69) is 19.2 Å². The Bertz CT molecular complexity index is 924. The van der Waals surface area contributed by atoms with Gasteiger partial charge in [-0.15, -0.1) is 0 Å². The zero-order valence-corrected chi connectivity index (χ0v) is 17.5. The van der Waals surface area contributed by atoms with Crippen molar-refractivity contribution in [2.24, 2.45) is 0 Å². The molecule has 1 fully saturated rings. The maximum Gasteiger partial charge on any atom is 0.267 e. The van der Waals surface area contributed by atoms with E-state index in [1.807, 2.05) is 24.3 Å². The molecule has 4 rings (SSSR count). The van der Waals surface area contributed by atoms with Crippen LogP contribution in [0.3, 0.4) is 0 Å². The van der Waals surface area contributed by atoms with Crippen LogP contribution in [-0.2, 0) is 12.8 Å². The number of fused-ring (bicyclic) bond motifs is 1. The van der Waals surface area contributed by atoms with E-state index < -0.39 is 0 Å². The van der Waals surface area contributed by atoms with E-state index in [9.17, 15) is 9.59 Å². The first-order valence-corrected chi connectivity index (χ1v) is 11.0. The highest BCUT2D eigenvalue weighted by Crippen LogP contribution is 2.27.